The van der Waals surface area contributed by atoms with Gasteiger partial charge in [-0.25, -0.2) is 0 Å². The van der Waals surface area contributed by atoms with E-state index in [0.29, 0.717) is 29.0 Å². The molecular weight excluding hydrogens is 308 g/mol. The van der Waals surface area contributed by atoms with Gasteiger partial charge in [-0.15, -0.1) is 10.2 Å². The van der Waals surface area contributed by atoms with Crippen LogP contribution in [0, 0.1) is 12.8 Å². The van der Waals surface area contributed by atoms with Crippen LogP contribution in [0.1, 0.15) is 18.5 Å². The van der Waals surface area contributed by atoms with Crippen LogP contribution in [0.5, 0.6) is 0 Å². The highest BCUT2D eigenvalue weighted by atomic mass is 16.5. The molecule has 3 aromatic heterocycles. The summed E-state index contributed by atoms with van der Waals surface area (Å²) in [5.74, 6) is 1.30. The molecule has 124 valence electrons. The van der Waals surface area contributed by atoms with E-state index in [1.807, 2.05) is 29.9 Å². The van der Waals surface area contributed by atoms with Crippen LogP contribution in [0.3, 0.4) is 0 Å². The molecule has 9 nitrogen and oxygen atoms in total. The first-order chi connectivity index (χ1) is 11.8. The van der Waals surface area contributed by atoms with Gasteiger partial charge in [0.15, 0.2) is 5.69 Å². The third-order valence-corrected chi connectivity index (χ3v) is 4.05. The summed E-state index contributed by atoms with van der Waals surface area (Å²) in [6.45, 7) is 4.83. The maximum absolute atomic E-state index is 5.28. The maximum atomic E-state index is 5.28. The second-order valence-electron chi connectivity index (χ2n) is 6.02. The molecule has 9 heteroatoms. The number of rotatable bonds is 4. The lowest BCUT2D eigenvalue weighted by atomic mass is 10.00. The molecule has 4 heterocycles. The molecule has 1 N–H and O–H groups in total. The number of aromatic nitrogens is 7. The van der Waals surface area contributed by atoms with Crippen LogP contribution in [0.15, 0.2) is 22.9 Å². The van der Waals surface area contributed by atoms with Crippen LogP contribution in [0.2, 0.25) is 0 Å². The number of nitrogens with zero attached hydrogens (tertiary/aromatic N) is 7. The molecule has 3 aromatic rings. The number of hydrogen-bond acceptors (Lipinski definition) is 8. The Morgan fingerprint density at radius 2 is 2.21 bits per heavy atom. The van der Waals surface area contributed by atoms with E-state index in [4.69, 9.17) is 4.52 Å². The lowest BCUT2D eigenvalue weighted by Crippen LogP contribution is -2.32. The number of nitrogens with one attached hydrogen (secondary N) is 1. The zero-order valence-electron chi connectivity index (χ0n) is 13.4. The predicted molar refractivity (Wildman–Crippen MR) is 84.7 cm³/mol. The van der Waals surface area contributed by atoms with Gasteiger partial charge in [-0.2, -0.15) is 10.1 Å². The Labute approximate surface area is 138 Å². The SMILES string of the molecule is Cc1ccc(-c2noc(-c3cn(C[C@@H]4CCCNC4)nn3)n2)nn1. The Bertz CT molecular complexity index is 803. The highest BCUT2D eigenvalue weighted by molar-refractivity contribution is 5.52. The maximum Gasteiger partial charge on any atom is 0.280 e. The average Bonchev–Trinajstić information content (AvgIpc) is 3.26. The molecule has 24 heavy (non-hydrogen) atoms. The first kappa shape index (κ1) is 14.9. The van der Waals surface area contributed by atoms with Gasteiger partial charge in [0, 0.05) is 6.54 Å². The van der Waals surface area contributed by atoms with Crippen molar-refractivity contribution in [3.05, 3.63) is 24.0 Å². The Hall–Kier alpha value is -2.68. The summed E-state index contributed by atoms with van der Waals surface area (Å²) in [5, 5.41) is 23.7. The number of aryl methyl sites for hydroxylation is 1. The van der Waals surface area contributed by atoms with E-state index in [9.17, 15) is 0 Å². The summed E-state index contributed by atoms with van der Waals surface area (Å²) in [5.41, 5.74) is 1.97. The summed E-state index contributed by atoms with van der Waals surface area (Å²) in [7, 11) is 0. The van der Waals surface area contributed by atoms with Crippen LogP contribution in [0.25, 0.3) is 23.1 Å². The minimum absolute atomic E-state index is 0.334. The lowest BCUT2D eigenvalue weighted by molar-refractivity contribution is 0.322. The first-order valence-electron chi connectivity index (χ1n) is 8.03. The van der Waals surface area contributed by atoms with Crippen LogP contribution < -0.4 is 5.32 Å². The van der Waals surface area contributed by atoms with Gasteiger partial charge in [-0.1, -0.05) is 10.4 Å². The molecule has 1 atom stereocenters. The summed E-state index contributed by atoms with van der Waals surface area (Å²) in [6, 6.07) is 3.66. The van der Waals surface area contributed by atoms with E-state index in [2.05, 4.69) is 36.0 Å². The summed E-state index contributed by atoms with van der Waals surface area (Å²) < 4.78 is 7.12. The molecule has 1 aliphatic heterocycles. The van der Waals surface area contributed by atoms with Gasteiger partial charge in [0.25, 0.3) is 5.89 Å². The van der Waals surface area contributed by atoms with Gasteiger partial charge in [-0.3, -0.25) is 4.68 Å². The van der Waals surface area contributed by atoms with Crippen molar-refractivity contribution in [2.75, 3.05) is 13.1 Å². The van der Waals surface area contributed by atoms with E-state index in [1.54, 1.807) is 0 Å². The van der Waals surface area contributed by atoms with Crippen molar-refractivity contribution >= 4 is 0 Å². The van der Waals surface area contributed by atoms with E-state index < -0.39 is 0 Å². The zero-order chi connectivity index (χ0) is 16.4. The van der Waals surface area contributed by atoms with E-state index in [0.717, 1.165) is 25.3 Å². The summed E-state index contributed by atoms with van der Waals surface area (Å²) >= 11 is 0. The third kappa shape index (κ3) is 3.16. The van der Waals surface area contributed by atoms with Crippen LogP contribution in [-0.2, 0) is 6.54 Å². The van der Waals surface area contributed by atoms with Crippen molar-refractivity contribution in [2.45, 2.75) is 26.3 Å². The lowest BCUT2D eigenvalue weighted by Gasteiger charge is -2.22. The van der Waals surface area contributed by atoms with Crippen molar-refractivity contribution in [3.8, 4) is 23.1 Å². The molecule has 0 unspecified atom stereocenters. The van der Waals surface area contributed by atoms with Gasteiger partial charge in [-0.05, 0) is 50.9 Å². The van der Waals surface area contributed by atoms with Crippen molar-refractivity contribution in [2.24, 2.45) is 5.92 Å². The first-order valence-corrected chi connectivity index (χ1v) is 8.03. The molecule has 0 aromatic carbocycles. The highest BCUT2D eigenvalue weighted by Gasteiger charge is 2.17. The topological polar surface area (TPSA) is 107 Å². The molecule has 0 saturated carbocycles. The van der Waals surface area contributed by atoms with E-state index in [-0.39, 0.29) is 0 Å². The van der Waals surface area contributed by atoms with Crippen molar-refractivity contribution in [3.63, 3.8) is 0 Å². The van der Waals surface area contributed by atoms with E-state index >= 15 is 0 Å². The quantitative estimate of drug-likeness (QED) is 0.759. The summed E-state index contributed by atoms with van der Waals surface area (Å²) in [6.07, 6.45) is 4.25. The predicted octanol–water partition coefficient (Wildman–Crippen LogP) is 1.09. The largest absolute Gasteiger partial charge is 0.332 e. The van der Waals surface area contributed by atoms with Crippen LogP contribution in [-0.4, -0.2) is 48.4 Å². The van der Waals surface area contributed by atoms with Gasteiger partial charge >= 0.3 is 0 Å². The van der Waals surface area contributed by atoms with Gasteiger partial charge < -0.3 is 9.84 Å². The summed E-state index contributed by atoms with van der Waals surface area (Å²) in [4.78, 5) is 4.33. The molecule has 0 bridgehead atoms. The zero-order valence-corrected chi connectivity index (χ0v) is 13.4. The molecule has 0 amide bonds. The minimum Gasteiger partial charge on any atom is -0.332 e. The molecule has 1 fully saturated rings. The molecule has 0 radical (unpaired) electrons. The third-order valence-electron chi connectivity index (χ3n) is 4.05. The minimum atomic E-state index is 0.334. The molecule has 1 saturated heterocycles. The Kier molecular flexibility index (Phi) is 3.99. The fourth-order valence-electron chi connectivity index (χ4n) is 2.78. The fourth-order valence-corrected chi connectivity index (χ4v) is 2.78. The van der Waals surface area contributed by atoms with Gasteiger partial charge in [0.1, 0.15) is 5.69 Å². The number of piperidine rings is 1. The Balaban J connectivity index is 1.49. The molecule has 0 aliphatic carbocycles. The van der Waals surface area contributed by atoms with Crippen molar-refractivity contribution in [1.29, 1.82) is 0 Å². The van der Waals surface area contributed by atoms with Gasteiger partial charge in [0.05, 0.1) is 11.9 Å². The number of hydrogen-bond donors (Lipinski definition) is 1. The van der Waals surface area contributed by atoms with Crippen molar-refractivity contribution in [1.82, 2.24) is 40.6 Å². The Morgan fingerprint density at radius 1 is 1.25 bits per heavy atom. The standard InChI is InChI=1S/C15H18N8O/c1-10-4-5-12(19-18-10)14-17-15(24-21-14)13-9-23(22-20-13)8-11-3-2-6-16-7-11/h4-5,9,11,16H,2-3,6-8H2,1H3/t11-/m1/s1. The highest BCUT2D eigenvalue weighted by Crippen LogP contribution is 2.19. The second kappa shape index (κ2) is 6.44. The second-order valence-corrected chi connectivity index (χ2v) is 6.02. The van der Waals surface area contributed by atoms with Crippen molar-refractivity contribution < 1.29 is 4.52 Å². The molecular formula is C15H18N8O. The molecule has 0 spiro atoms. The average molecular weight is 326 g/mol. The van der Waals surface area contributed by atoms with Crippen LogP contribution >= 0.6 is 0 Å². The molecule has 4 rings (SSSR count). The van der Waals surface area contributed by atoms with Gasteiger partial charge in [0.2, 0.25) is 5.82 Å². The monoisotopic (exact) mass is 326 g/mol. The normalized spacial score (nSPS) is 18.0. The fraction of sp³-hybridized carbons (Fsp3) is 0.467. The van der Waals surface area contributed by atoms with E-state index in [1.165, 1.54) is 12.8 Å². The molecule has 1 aliphatic rings. The smallest absolute Gasteiger partial charge is 0.280 e. The Morgan fingerprint density at radius 3 is 3.00 bits per heavy atom. The van der Waals surface area contributed by atoms with Crippen LogP contribution in [0.4, 0.5) is 0 Å².